The molecule has 104 valence electrons. The topological polar surface area (TPSA) is 57.6 Å². The first-order valence-corrected chi connectivity index (χ1v) is 7.13. The Morgan fingerprint density at radius 2 is 2.00 bits per heavy atom. The Morgan fingerprint density at radius 1 is 1.28 bits per heavy atom. The van der Waals surface area contributed by atoms with Crippen LogP contribution in [-0.4, -0.2) is 35.0 Å². The summed E-state index contributed by atoms with van der Waals surface area (Å²) in [5, 5.41) is 9.18. The second-order valence-corrected chi connectivity index (χ2v) is 5.18. The lowest BCUT2D eigenvalue weighted by molar-refractivity contribution is -0.144. The lowest BCUT2D eigenvalue weighted by Gasteiger charge is -2.16. The molecule has 1 N–H and O–H groups in total. The zero-order chi connectivity index (χ0) is 13.5. The molecule has 0 aromatic heterocycles. The van der Waals surface area contributed by atoms with Crippen LogP contribution in [-0.2, 0) is 9.59 Å². The third kappa shape index (κ3) is 3.72. The Labute approximate surface area is 109 Å². The monoisotopic (exact) mass is 255 g/mol. The molecule has 1 rings (SSSR count). The number of unbranched alkanes of at least 4 members (excludes halogenated alkanes) is 3. The summed E-state index contributed by atoms with van der Waals surface area (Å²) in [5.41, 5.74) is 0. The van der Waals surface area contributed by atoms with Crippen LogP contribution in [0.25, 0.3) is 0 Å². The molecule has 4 heteroatoms. The van der Waals surface area contributed by atoms with Crippen molar-refractivity contribution in [3.63, 3.8) is 0 Å². The van der Waals surface area contributed by atoms with Crippen molar-refractivity contribution in [1.29, 1.82) is 0 Å². The molecule has 1 heterocycles. The summed E-state index contributed by atoms with van der Waals surface area (Å²) in [7, 11) is 0. The van der Waals surface area contributed by atoms with Gasteiger partial charge in [-0.3, -0.25) is 9.59 Å². The Balaban J connectivity index is 2.51. The maximum Gasteiger partial charge on any atom is 0.309 e. The van der Waals surface area contributed by atoms with E-state index >= 15 is 0 Å². The van der Waals surface area contributed by atoms with Crippen LogP contribution >= 0.6 is 0 Å². The highest BCUT2D eigenvalue weighted by molar-refractivity contribution is 5.88. The van der Waals surface area contributed by atoms with Crippen LogP contribution in [0.4, 0.5) is 0 Å². The second kappa shape index (κ2) is 7.39. The van der Waals surface area contributed by atoms with Crippen molar-refractivity contribution in [3.8, 4) is 0 Å². The molecule has 0 radical (unpaired) electrons. The first kappa shape index (κ1) is 15.0. The van der Waals surface area contributed by atoms with Crippen molar-refractivity contribution < 1.29 is 14.7 Å². The summed E-state index contributed by atoms with van der Waals surface area (Å²) < 4.78 is 0. The van der Waals surface area contributed by atoms with Crippen molar-refractivity contribution in [3.05, 3.63) is 0 Å². The third-order valence-electron chi connectivity index (χ3n) is 3.73. The minimum absolute atomic E-state index is 0.0562. The maximum atomic E-state index is 12.1. The zero-order valence-corrected chi connectivity index (χ0v) is 11.5. The molecule has 1 aliphatic heterocycles. The molecule has 0 bridgehead atoms. The van der Waals surface area contributed by atoms with Gasteiger partial charge in [-0.15, -0.1) is 0 Å². The summed E-state index contributed by atoms with van der Waals surface area (Å²) in [6.07, 6.45) is 6.03. The largest absolute Gasteiger partial charge is 0.481 e. The van der Waals surface area contributed by atoms with Crippen LogP contribution in [0.15, 0.2) is 0 Å². The molecule has 1 aliphatic rings. The Bertz CT molecular complexity index is 291. The second-order valence-electron chi connectivity index (χ2n) is 5.18. The molecule has 1 fully saturated rings. The highest BCUT2D eigenvalue weighted by atomic mass is 16.4. The lowest BCUT2D eigenvalue weighted by atomic mass is 9.91. The van der Waals surface area contributed by atoms with Crippen LogP contribution in [0.1, 0.15) is 52.4 Å². The van der Waals surface area contributed by atoms with Crippen LogP contribution in [0.2, 0.25) is 0 Å². The molecule has 1 amide bonds. The van der Waals surface area contributed by atoms with E-state index in [1.807, 2.05) is 6.92 Å². The number of hydrogen-bond acceptors (Lipinski definition) is 2. The van der Waals surface area contributed by atoms with E-state index in [4.69, 9.17) is 0 Å². The van der Waals surface area contributed by atoms with Crippen LogP contribution < -0.4 is 0 Å². The molecule has 2 atom stereocenters. The summed E-state index contributed by atoms with van der Waals surface area (Å²) in [5.74, 6) is -1.55. The normalized spacial score (nSPS) is 23.7. The highest BCUT2D eigenvalue weighted by Crippen LogP contribution is 2.29. The highest BCUT2D eigenvalue weighted by Gasteiger charge is 2.43. The van der Waals surface area contributed by atoms with Crippen LogP contribution in [0.5, 0.6) is 0 Å². The van der Waals surface area contributed by atoms with E-state index in [1.165, 1.54) is 12.8 Å². The molecule has 1 saturated heterocycles. The van der Waals surface area contributed by atoms with E-state index in [2.05, 4.69) is 6.92 Å². The number of carbonyl (C=O) groups is 2. The minimum Gasteiger partial charge on any atom is -0.481 e. The molecule has 0 aromatic carbocycles. The van der Waals surface area contributed by atoms with Gasteiger partial charge in [0, 0.05) is 13.1 Å². The zero-order valence-electron chi connectivity index (χ0n) is 11.5. The fourth-order valence-corrected chi connectivity index (χ4v) is 2.68. The lowest BCUT2D eigenvalue weighted by Crippen LogP contribution is -2.28. The number of carboxylic acid groups (broad SMARTS) is 1. The Morgan fingerprint density at radius 3 is 2.56 bits per heavy atom. The Hall–Kier alpha value is -1.06. The smallest absolute Gasteiger partial charge is 0.309 e. The first-order valence-electron chi connectivity index (χ1n) is 7.13. The van der Waals surface area contributed by atoms with E-state index in [0.29, 0.717) is 13.0 Å². The van der Waals surface area contributed by atoms with E-state index in [9.17, 15) is 14.7 Å². The summed E-state index contributed by atoms with van der Waals surface area (Å²) in [4.78, 5) is 25.1. The predicted molar refractivity (Wildman–Crippen MR) is 70.2 cm³/mol. The number of hydrogen-bond donors (Lipinski definition) is 1. The van der Waals surface area contributed by atoms with Gasteiger partial charge in [-0.2, -0.15) is 0 Å². The number of carboxylic acids is 1. The number of likely N-dealkylation sites (tertiary alicyclic amines) is 1. The number of nitrogens with zero attached hydrogens (tertiary/aromatic N) is 1. The van der Waals surface area contributed by atoms with Gasteiger partial charge in [0.2, 0.25) is 5.91 Å². The number of amides is 1. The summed E-state index contributed by atoms with van der Waals surface area (Å²) in [6.45, 7) is 5.28. The van der Waals surface area contributed by atoms with Gasteiger partial charge in [-0.25, -0.2) is 0 Å². The standard InChI is InChI=1S/C14H25NO3/c1-3-5-6-7-9-15-10-12(14(17)18)11(8-4-2)13(15)16/h11-12H,3-10H2,1-2H3,(H,17,18). The van der Waals surface area contributed by atoms with Crippen molar-refractivity contribution >= 4 is 11.9 Å². The molecule has 0 saturated carbocycles. The van der Waals surface area contributed by atoms with Crippen molar-refractivity contribution in [2.45, 2.75) is 52.4 Å². The van der Waals surface area contributed by atoms with Crippen molar-refractivity contribution in [2.75, 3.05) is 13.1 Å². The molecule has 4 nitrogen and oxygen atoms in total. The molecule has 0 aliphatic carbocycles. The van der Waals surface area contributed by atoms with Crippen molar-refractivity contribution in [1.82, 2.24) is 4.90 Å². The van der Waals surface area contributed by atoms with Crippen molar-refractivity contribution in [2.24, 2.45) is 11.8 Å². The van der Waals surface area contributed by atoms with Crippen LogP contribution in [0.3, 0.4) is 0 Å². The number of rotatable bonds is 8. The molecular weight excluding hydrogens is 230 g/mol. The van der Waals surface area contributed by atoms with Gasteiger partial charge in [0.15, 0.2) is 0 Å². The molecule has 2 unspecified atom stereocenters. The number of carbonyl (C=O) groups excluding carboxylic acids is 1. The Kier molecular flexibility index (Phi) is 6.16. The minimum atomic E-state index is -0.821. The average Bonchev–Trinajstić information content (AvgIpc) is 2.64. The van der Waals surface area contributed by atoms with E-state index < -0.39 is 11.9 Å². The quantitative estimate of drug-likeness (QED) is 0.678. The van der Waals surface area contributed by atoms with E-state index in [-0.39, 0.29) is 11.8 Å². The van der Waals surface area contributed by atoms with E-state index in [1.54, 1.807) is 4.90 Å². The van der Waals surface area contributed by atoms with Gasteiger partial charge in [0.1, 0.15) is 0 Å². The van der Waals surface area contributed by atoms with Gasteiger partial charge in [0.05, 0.1) is 11.8 Å². The molecular formula is C14H25NO3. The fourth-order valence-electron chi connectivity index (χ4n) is 2.68. The van der Waals surface area contributed by atoms with Gasteiger partial charge in [0.25, 0.3) is 0 Å². The predicted octanol–water partition coefficient (Wildman–Crippen LogP) is 2.53. The molecule has 0 aromatic rings. The van der Waals surface area contributed by atoms with Gasteiger partial charge < -0.3 is 10.0 Å². The maximum absolute atomic E-state index is 12.1. The summed E-state index contributed by atoms with van der Waals surface area (Å²) >= 11 is 0. The summed E-state index contributed by atoms with van der Waals surface area (Å²) in [6, 6.07) is 0. The molecule has 18 heavy (non-hydrogen) atoms. The van der Waals surface area contributed by atoms with E-state index in [0.717, 1.165) is 25.8 Å². The first-order chi connectivity index (χ1) is 8.61. The third-order valence-corrected chi connectivity index (χ3v) is 3.73. The van der Waals surface area contributed by atoms with Gasteiger partial charge in [-0.1, -0.05) is 39.5 Å². The van der Waals surface area contributed by atoms with Gasteiger partial charge >= 0.3 is 5.97 Å². The fraction of sp³-hybridized carbons (Fsp3) is 0.857. The molecule has 0 spiro atoms. The number of aliphatic carboxylic acids is 1. The van der Waals surface area contributed by atoms with Gasteiger partial charge in [-0.05, 0) is 12.8 Å². The van der Waals surface area contributed by atoms with Crippen LogP contribution in [0, 0.1) is 11.8 Å². The SMILES string of the molecule is CCCCCCN1CC(C(=O)O)C(CCC)C1=O. The average molecular weight is 255 g/mol.